The van der Waals surface area contributed by atoms with Crippen LogP contribution in [0.3, 0.4) is 0 Å². The summed E-state index contributed by atoms with van der Waals surface area (Å²) in [7, 11) is 0. The first-order chi connectivity index (χ1) is 8.08. The van der Waals surface area contributed by atoms with E-state index in [1.54, 1.807) is 0 Å². The van der Waals surface area contributed by atoms with E-state index in [-0.39, 0.29) is 17.9 Å². The average Bonchev–Trinajstić information content (AvgIpc) is 2.37. The third-order valence-corrected chi connectivity index (χ3v) is 4.96. The van der Waals surface area contributed by atoms with Gasteiger partial charge in [-0.15, -0.1) is 0 Å². The van der Waals surface area contributed by atoms with Gasteiger partial charge in [0, 0.05) is 11.3 Å². The minimum Gasteiger partial charge on any atom is -0.352 e. The summed E-state index contributed by atoms with van der Waals surface area (Å²) in [5.41, 5.74) is 5.94. The smallest absolute Gasteiger partial charge is 0.237 e. The Kier molecular flexibility index (Phi) is 6.34. The molecule has 0 aromatic carbocycles. The van der Waals surface area contributed by atoms with E-state index in [1.165, 1.54) is 12.8 Å². The molecule has 1 aliphatic rings. The summed E-state index contributed by atoms with van der Waals surface area (Å²) in [5.74, 6) is 0.293. The van der Waals surface area contributed by atoms with Gasteiger partial charge in [-0.25, -0.2) is 0 Å². The van der Waals surface area contributed by atoms with Gasteiger partial charge < -0.3 is 11.1 Å². The molecule has 1 aliphatic carbocycles. The Morgan fingerprint density at radius 1 is 1.53 bits per heavy atom. The molecule has 3 nitrogen and oxygen atoms in total. The Hall–Kier alpha value is -0.220. The van der Waals surface area contributed by atoms with Gasteiger partial charge in [0.25, 0.3) is 0 Å². The van der Waals surface area contributed by atoms with Crippen LogP contribution in [0.25, 0.3) is 0 Å². The number of hydrogen-bond acceptors (Lipinski definition) is 3. The lowest BCUT2D eigenvalue weighted by atomic mass is 9.93. The van der Waals surface area contributed by atoms with Crippen molar-refractivity contribution in [1.82, 2.24) is 5.32 Å². The molecule has 1 saturated carbocycles. The average molecular weight is 258 g/mol. The maximum absolute atomic E-state index is 12.0. The van der Waals surface area contributed by atoms with Crippen LogP contribution >= 0.6 is 11.8 Å². The Balaban J connectivity index is 2.40. The summed E-state index contributed by atoms with van der Waals surface area (Å²) in [5, 5.41) is 3.82. The molecule has 100 valence electrons. The first-order valence-corrected chi connectivity index (χ1v) is 7.96. The minimum atomic E-state index is -0.352. The number of nitrogens with one attached hydrogen (secondary N) is 1. The molecule has 1 rings (SSSR count). The van der Waals surface area contributed by atoms with Gasteiger partial charge in [-0.1, -0.05) is 26.7 Å². The number of hydrogen-bond donors (Lipinski definition) is 2. The third-order valence-electron chi connectivity index (χ3n) is 3.87. The molecule has 3 N–H and O–H groups in total. The number of rotatable bonds is 5. The van der Waals surface area contributed by atoms with Gasteiger partial charge >= 0.3 is 0 Å². The van der Waals surface area contributed by atoms with E-state index in [9.17, 15) is 4.79 Å². The standard InChI is InChI=1S/C13H26N2OS/c1-4-9(2)12(14)13(16)15-10-6-5-7-11(8-10)17-3/h9-12H,4-8,14H2,1-3H3,(H,15,16)/t9?,10?,11?,12-/m0/s1. The molecule has 17 heavy (non-hydrogen) atoms. The van der Waals surface area contributed by atoms with Gasteiger partial charge in [0.2, 0.25) is 5.91 Å². The first-order valence-electron chi connectivity index (χ1n) is 6.67. The largest absolute Gasteiger partial charge is 0.352 e. The summed E-state index contributed by atoms with van der Waals surface area (Å²) >= 11 is 1.91. The van der Waals surface area contributed by atoms with Crippen LogP contribution in [-0.4, -0.2) is 29.5 Å². The fraction of sp³-hybridized carbons (Fsp3) is 0.923. The van der Waals surface area contributed by atoms with Crippen molar-refractivity contribution in [3.8, 4) is 0 Å². The van der Waals surface area contributed by atoms with Gasteiger partial charge in [-0.3, -0.25) is 4.79 Å². The van der Waals surface area contributed by atoms with E-state index >= 15 is 0 Å². The quantitative estimate of drug-likeness (QED) is 0.794. The van der Waals surface area contributed by atoms with Crippen molar-refractivity contribution in [3.63, 3.8) is 0 Å². The van der Waals surface area contributed by atoms with Crippen molar-refractivity contribution in [2.24, 2.45) is 11.7 Å². The van der Waals surface area contributed by atoms with Gasteiger partial charge in [0.1, 0.15) is 0 Å². The summed E-state index contributed by atoms with van der Waals surface area (Å²) in [6.45, 7) is 4.11. The van der Waals surface area contributed by atoms with Gasteiger partial charge in [0.15, 0.2) is 0 Å². The van der Waals surface area contributed by atoms with E-state index in [1.807, 2.05) is 18.7 Å². The maximum atomic E-state index is 12.0. The molecule has 3 unspecified atom stereocenters. The summed E-state index contributed by atoms with van der Waals surface area (Å²) in [4.78, 5) is 12.0. The molecule has 0 saturated heterocycles. The Morgan fingerprint density at radius 2 is 2.24 bits per heavy atom. The van der Waals surface area contributed by atoms with Gasteiger partial charge in [0.05, 0.1) is 6.04 Å². The molecule has 0 aliphatic heterocycles. The molecule has 1 amide bonds. The van der Waals surface area contributed by atoms with Crippen LogP contribution in [-0.2, 0) is 4.79 Å². The van der Waals surface area contributed by atoms with Crippen LogP contribution in [0.2, 0.25) is 0 Å². The normalized spacial score (nSPS) is 28.5. The van der Waals surface area contributed by atoms with E-state index in [0.29, 0.717) is 11.3 Å². The van der Waals surface area contributed by atoms with Crippen molar-refractivity contribution in [2.75, 3.05) is 6.26 Å². The number of nitrogens with two attached hydrogens (primary N) is 1. The summed E-state index contributed by atoms with van der Waals surface area (Å²) in [6, 6.07) is -0.0153. The Bertz CT molecular complexity index is 248. The zero-order valence-electron chi connectivity index (χ0n) is 11.2. The van der Waals surface area contributed by atoms with Crippen molar-refractivity contribution in [1.29, 1.82) is 0 Å². The van der Waals surface area contributed by atoms with Gasteiger partial charge in [-0.05, 0) is 31.4 Å². The fourth-order valence-electron chi connectivity index (χ4n) is 2.30. The predicted molar refractivity (Wildman–Crippen MR) is 75.1 cm³/mol. The second kappa shape index (κ2) is 7.27. The van der Waals surface area contributed by atoms with Crippen LogP contribution in [0.1, 0.15) is 46.0 Å². The lowest BCUT2D eigenvalue weighted by molar-refractivity contribution is -0.124. The molecule has 0 aromatic rings. The zero-order chi connectivity index (χ0) is 12.8. The highest BCUT2D eigenvalue weighted by atomic mass is 32.2. The van der Waals surface area contributed by atoms with Gasteiger partial charge in [-0.2, -0.15) is 11.8 Å². The third kappa shape index (κ3) is 4.51. The highest BCUT2D eigenvalue weighted by Crippen LogP contribution is 2.26. The molecule has 0 spiro atoms. The topological polar surface area (TPSA) is 55.1 Å². The Morgan fingerprint density at radius 3 is 2.82 bits per heavy atom. The molecular formula is C13H26N2OS. The molecule has 0 bridgehead atoms. The van der Waals surface area contributed by atoms with Crippen molar-refractivity contribution >= 4 is 17.7 Å². The summed E-state index contributed by atoms with van der Waals surface area (Å²) < 4.78 is 0. The molecule has 0 radical (unpaired) electrons. The highest BCUT2D eigenvalue weighted by molar-refractivity contribution is 7.99. The zero-order valence-corrected chi connectivity index (χ0v) is 12.1. The number of carbonyl (C=O) groups is 1. The van der Waals surface area contributed by atoms with E-state index in [0.717, 1.165) is 19.3 Å². The lowest BCUT2D eigenvalue weighted by Gasteiger charge is -2.30. The number of thioether (sulfide) groups is 1. The molecule has 4 atom stereocenters. The second-order valence-corrected chi connectivity index (χ2v) is 6.28. The SMILES string of the molecule is CCC(C)[C@H](N)C(=O)NC1CCCC(SC)C1. The Labute approximate surface area is 109 Å². The highest BCUT2D eigenvalue weighted by Gasteiger charge is 2.26. The molecule has 0 aromatic heterocycles. The molecule has 4 heteroatoms. The maximum Gasteiger partial charge on any atom is 0.237 e. The lowest BCUT2D eigenvalue weighted by Crippen LogP contribution is -2.49. The van der Waals surface area contributed by atoms with Crippen molar-refractivity contribution in [2.45, 2.75) is 63.3 Å². The monoisotopic (exact) mass is 258 g/mol. The van der Waals surface area contributed by atoms with Crippen molar-refractivity contribution < 1.29 is 4.79 Å². The van der Waals surface area contributed by atoms with Crippen LogP contribution < -0.4 is 11.1 Å². The molecule has 0 heterocycles. The van der Waals surface area contributed by atoms with Crippen LogP contribution in [0.15, 0.2) is 0 Å². The molecular weight excluding hydrogens is 232 g/mol. The van der Waals surface area contributed by atoms with E-state index in [2.05, 4.69) is 18.5 Å². The number of amides is 1. The number of carbonyl (C=O) groups excluding carboxylic acids is 1. The fourth-order valence-corrected chi connectivity index (χ4v) is 3.13. The van der Waals surface area contributed by atoms with Crippen LogP contribution in [0.4, 0.5) is 0 Å². The second-order valence-electron chi connectivity index (χ2n) is 5.14. The molecule has 1 fully saturated rings. The van der Waals surface area contributed by atoms with Crippen molar-refractivity contribution in [3.05, 3.63) is 0 Å². The predicted octanol–water partition coefficient (Wildman–Crippen LogP) is 2.15. The minimum absolute atomic E-state index is 0.0334. The first kappa shape index (κ1) is 14.8. The summed E-state index contributed by atoms with van der Waals surface area (Å²) in [6.07, 6.45) is 7.81. The van der Waals surface area contributed by atoms with E-state index < -0.39 is 0 Å². The van der Waals surface area contributed by atoms with Crippen LogP contribution in [0.5, 0.6) is 0 Å². The van der Waals surface area contributed by atoms with E-state index in [4.69, 9.17) is 5.73 Å². The van der Waals surface area contributed by atoms with Crippen LogP contribution in [0, 0.1) is 5.92 Å².